The van der Waals surface area contributed by atoms with E-state index in [1.54, 1.807) is 0 Å². The molecule has 0 saturated carbocycles. The van der Waals surface area contributed by atoms with Crippen LogP contribution in [-0.2, 0) is 0 Å². The van der Waals surface area contributed by atoms with Gasteiger partial charge in [-0.15, -0.1) is 6.82 Å². The standard InChI is InChI=1S/C3H8B3.3CH4/c1-3-5-6(2)4;;;/h3H2,1-2H3;3*1H4. The average molecular weight is 125 g/mol. The van der Waals surface area contributed by atoms with Gasteiger partial charge in [0.05, 0.1) is 13.7 Å². The first-order valence-electron chi connectivity index (χ1n) is 2.36. The second-order valence-electron chi connectivity index (χ2n) is 1.50. The summed E-state index contributed by atoms with van der Waals surface area (Å²) in [5.41, 5.74) is 0. The van der Waals surface area contributed by atoms with Gasteiger partial charge < -0.3 is 0 Å². The molecule has 0 saturated heterocycles. The maximum atomic E-state index is 5.35. The predicted octanol–water partition coefficient (Wildman–Crippen LogP) is 2.32. The molecule has 53 valence electrons. The molecule has 0 heterocycles. The van der Waals surface area contributed by atoms with Gasteiger partial charge in [0.2, 0.25) is 0 Å². The average Bonchev–Trinajstić information content (AvgIpc) is 1.35. The van der Waals surface area contributed by atoms with Crippen LogP contribution in [0.3, 0.4) is 0 Å². The van der Waals surface area contributed by atoms with E-state index in [4.69, 9.17) is 7.74 Å². The van der Waals surface area contributed by atoms with Crippen LogP contribution in [0.1, 0.15) is 29.2 Å². The quantitative estimate of drug-likeness (QED) is 0.496. The van der Waals surface area contributed by atoms with Crippen LogP contribution in [0.4, 0.5) is 0 Å². The molecule has 0 nitrogen and oxygen atoms in total. The lowest BCUT2D eigenvalue weighted by Gasteiger charge is -1.89. The van der Waals surface area contributed by atoms with Crippen molar-refractivity contribution < 1.29 is 0 Å². The molecule has 9 heavy (non-hydrogen) atoms. The van der Waals surface area contributed by atoms with Gasteiger partial charge in [-0.2, -0.15) is 0 Å². The normalized spacial score (nSPS) is 5.11. The molecule has 0 N–H and O–H groups in total. The minimum absolute atomic E-state index is 0. The molecule has 0 aromatic rings. The van der Waals surface area contributed by atoms with Crippen LogP contribution in [0.25, 0.3) is 0 Å². The van der Waals surface area contributed by atoms with Crippen LogP contribution in [0, 0.1) is 0 Å². The van der Waals surface area contributed by atoms with Crippen molar-refractivity contribution in [1.82, 2.24) is 0 Å². The Morgan fingerprint density at radius 3 is 1.67 bits per heavy atom. The molecule has 3 radical (unpaired) electrons. The minimum Gasteiger partial charge on any atom is -0.101 e. The lowest BCUT2D eigenvalue weighted by molar-refractivity contribution is 1.47. The second-order valence-corrected chi connectivity index (χ2v) is 1.50. The molecule has 0 bridgehead atoms. The van der Waals surface area contributed by atoms with E-state index in [-0.39, 0.29) is 28.8 Å². The van der Waals surface area contributed by atoms with E-state index in [1.807, 2.05) is 6.82 Å². The fourth-order valence-electron chi connectivity index (χ4n) is 0.372. The van der Waals surface area contributed by atoms with E-state index in [1.165, 1.54) is 0 Å². The Bertz CT molecular complexity index is 29.5. The van der Waals surface area contributed by atoms with Crippen molar-refractivity contribution in [2.24, 2.45) is 0 Å². The first kappa shape index (κ1) is 22.9. The van der Waals surface area contributed by atoms with Crippen molar-refractivity contribution in [3.63, 3.8) is 0 Å². The van der Waals surface area contributed by atoms with E-state index < -0.39 is 0 Å². The van der Waals surface area contributed by atoms with Gasteiger partial charge in [0.25, 0.3) is 0 Å². The Balaban J connectivity index is -0.0000000417. The largest absolute Gasteiger partial charge is 0.101 e. The summed E-state index contributed by atoms with van der Waals surface area (Å²) in [5, 5.41) is 0. The fraction of sp³-hybridized carbons (Fsp3) is 1.00. The topological polar surface area (TPSA) is 0 Å². The van der Waals surface area contributed by atoms with Gasteiger partial charge in [0, 0.05) is 7.74 Å². The summed E-state index contributed by atoms with van der Waals surface area (Å²) in [5.74, 6) is 0. The second kappa shape index (κ2) is 15.7. The molecule has 0 atom stereocenters. The molecule has 0 unspecified atom stereocenters. The summed E-state index contributed by atoms with van der Waals surface area (Å²) >= 11 is 0. The monoisotopic (exact) mass is 125 g/mol. The van der Waals surface area contributed by atoms with Crippen LogP contribution in [0.15, 0.2) is 0 Å². The molecule has 0 spiro atoms. The summed E-state index contributed by atoms with van der Waals surface area (Å²) in [6, 6.07) is 0. The molecule has 0 aliphatic rings. The molecule has 0 aliphatic carbocycles. The van der Waals surface area contributed by atoms with Gasteiger partial charge in [-0.05, 0) is 0 Å². The summed E-state index contributed by atoms with van der Waals surface area (Å²) in [7, 11) is 7.42. The fourth-order valence-corrected chi connectivity index (χ4v) is 0.372. The minimum atomic E-state index is 0. The van der Waals surface area contributed by atoms with Gasteiger partial charge in [0.15, 0.2) is 0 Å². The number of hydrogen-bond acceptors (Lipinski definition) is 0. The molecular formula is C6H20B3. The zero-order valence-electron chi connectivity index (χ0n) is 4.44. The highest BCUT2D eigenvalue weighted by atomic mass is 13.3. The number of hydrogen-bond donors (Lipinski definition) is 0. The van der Waals surface area contributed by atoms with Crippen LogP contribution < -0.4 is 0 Å². The van der Waals surface area contributed by atoms with E-state index in [2.05, 4.69) is 14.1 Å². The van der Waals surface area contributed by atoms with E-state index in [0.717, 1.165) is 6.32 Å². The molecule has 0 aromatic carbocycles. The van der Waals surface area contributed by atoms with Crippen molar-refractivity contribution in [2.45, 2.75) is 42.3 Å². The Morgan fingerprint density at radius 1 is 1.33 bits per heavy atom. The van der Waals surface area contributed by atoms with E-state index in [0.29, 0.717) is 0 Å². The van der Waals surface area contributed by atoms with Crippen molar-refractivity contribution in [3.05, 3.63) is 0 Å². The van der Waals surface area contributed by atoms with Crippen LogP contribution in [-0.4, -0.2) is 21.4 Å². The Morgan fingerprint density at radius 2 is 1.67 bits per heavy atom. The van der Waals surface area contributed by atoms with Gasteiger partial charge in [0.1, 0.15) is 0 Å². The zero-order chi connectivity index (χ0) is 4.99. The van der Waals surface area contributed by atoms with Gasteiger partial charge >= 0.3 is 0 Å². The summed E-state index contributed by atoms with van der Waals surface area (Å²) in [4.78, 5) is 0. The maximum Gasteiger partial charge on any atom is 0.0637 e. The zero-order valence-corrected chi connectivity index (χ0v) is 4.44. The summed E-state index contributed by atoms with van der Waals surface area (Å²) < 4.78 is 0. The molecule has 0 aliphatic heterocycles. The van der Waals surface area contributed by atoms with Crippen LogP contribution >= 0.6 is 0 Å². The molecular weight excluding hydrogens is 105 g/mol. The van der Waals surface area contributed by atoms with Gasteiger partial charge in [-0.1, -0.05) is 35.5 Å². The van der Waals surface area contributed by atoms with Crippen molar-refractivity contribution in [2.75, 3.05) is 0 Å². The van der Waals surface area contributed by atoms with Gasteiger partial charge in [-0.25, -0.2) is 0 Å². The van der Waals surface area contributed by atoms with Crippen molar-refractivity contribution in [3.8, 4) is 0 Å². The molecule has 3 heteroatoms. The van der Waals surface area contributed by atoms with Crippen LogP contribution in [0.5, 0.6) is 0 Å². The third-order valence-corrected chi connectivity index (χ3v) is 0.607. The van der Waals surface area contributed by atoms with Crippen molar-refractivity contribution in [1.29, 1.82) is 0 Å². The molecule has 0 aromatic heterocycles. The van der Waals surface area contributed by atoms with Gasteiger partial charge in [-0.3, -0.25) is 0 Å². The summed E-state index contributed by atoms with van der Waals surface area (Å²) in [6.07, 6.45) is 1.08. The number of rotatable bonds is 2. The lowest BCUT2D eigenvalue weighted by atomic mass is 9.11. The van der Waals surface area contributed by atoms with Crippen molar-refractivity contribution >= 4 is 21.4 Å². The maximum absolute atomic E-state index is 5.35. The third-order valence-electron chi connectivity index (χ3n) is 0.607. The highest BCUT2D eigenvalue weighted by Crippen LogP contribution is 1.74. The third kappa shape index (κ3) is 30.8. The Labute approximate surface area is 64.5 Å². The van der Waals surface area contributed by atoms with E-state index in [9.17, 15) is 0 Å². The highest BCUT2D eigenvalue weighted by molar-refractivity contribution is 7.34. The molecule has 0 fully saturated rings. The van der Waals surface area contributed by atoms with Crippen LogP contribution in [0.2, 0.25) is 13.1 Å². The summed E-state index contributed by atoms with van der Waals surface area (Å²) in [6.45, 7) is 4.34. The lowest BCUT2D eigenvalue weighted by Crippen LogP contribution is -2.16. The first-order chi connectivity index (χ1) is 2.77. The molecule has 0 amide bonds. The Kier molecular flexibility index (Phi) is 40.0. The predicted molar refractivity (Wildman–Crippen MR) is 53.8 cm³/mol. The van der Waals surface area contributed by atoms with E-state index >= 15 is 0 Å². The SMILES string of the molecule is C.C.C.[B]B(C)[B]CC. The smallest absolute Gasteiger partial charge is 0.0637 e. The highest BCUT2D eigenvalue weighted by Gasteiger charge is 1.92. The Hall–Kier alpha value is 0.195. The first-order valence-corrected chi connectivity index (χ1v) is 2.36. The molecule has 0 rings (SSSR count).